The summed E-state index contributed by atoms with van der Waals surface area (Å²) >= 11 is 1.46. The van der Waals surface area contributed by atoms with Gasteiger partial charge >= 0.3 is 5.97 Å². The lowest BCUT2D eigenvalue weighted by atomic mass is 9.93. The van der Waals surface area contributed by atoms with Gasteiger partial charge in [-0.3, -0.25) is 0 Å². The summed E-state index contributed by atoms with van der Waals surface area (Å²) in [6.07, 6.45) is 3.56. The largest absolute Gasteiger partial charge is 0.477 e. The van der Waals surface area contributed by atoms with Gasteiger partial charge in [0.25, 0.3) is 0 Å². The van der Waals surface area contributed by atoms with E-state index >= 15 is 0 Å². The van der Waals surface area contributed by atoms with Crippen LogP contribution in [0, 0.1) is 11.3 Å². The molecule has 7 rings (SSSR count). The second kappa shape index (κ2) is 9.88. The van der Waals surface area contributed by atoms with Crippen LogP contribution in [0.3, 0.4) is 0 Å². The number of nitrogens with zero attached hydrogens (tertiary/aromatic N) is 3. The van der Waals surface area contributed by atoms with E-state index in [4.69, 9.17) is 10.2 Å². The molecule has 0 amide bonds. The van der Waals surface area contributed by atoms with Gasteiger partial charge in [0.05, 0.1) is 11.0 Å². The van der Waals surface area contributed by atoms with Crippen LogP contribution in [-0.4, -0.2) is 20.6 Å². The number of carboxylic acid groups (broad SMARTS) is 1. The van der Waals surface area contributed by atoms with Crippen molar-refractivity contribution in [3.05, 3.63) is 95.4 Å². The van der Waals surface area contributed by atoms with Crippen LogP contribution in [0.4, 0.5) is 0 Å². The second-order valence-electron chi connectivity index (χ2n) is 10.3. The van der Waals surface area contributed by atoms with Crippen molar-refractivity contribution in [1.82, 2.24) is 9.55 Å². The number of benzene rings is 5. The molecule has 0 saturated heterocycles. The molecule has 7 aromatic rings. The number of fused-ring (bicyclic) bond motifs is 3. The Bertz CT molecular complexity index is 2180. The lowest BCUT2D eigenvalue weighted by molar-refractivity contribution is -0.132. The van der Waals surface area contributed by atoms with Crippen molar-refractivity contribution >= 4 is 66.7 Å². The maximum atomic E-state index is 11.2. The van der Waals surface area contributed by atoms with Gasteiger partial charge < -0.3 is 9.67 Å². The Kier molecular flexibility index (Phi) is 6.03. The molecule has 0 fully saturated rings. The highest BCUT2D eigenvalue weighted by Crippen LogP contribution is 2.42. The lowest BCUT2D eigenvalue weighted by Gasteiger charge is -2.14. The third-order valence-electron chi connectivity index (χ3n) is 7.79. The fourth-order valence-electron chi connectivity index (χ4n) is 5.87. The monoisotopic (exact) mass is 551 g/mol. The maximum Gasteiger partial charge on any atom is 0.346 e. The van der Waals surface area contributed by atoms with Gasteiger partial charge in [0.1, 0.15) is 17.5 Å². The van der Waals surface area contributed by atoms with Crippen LogP contribution in [0.15, 0.2) is 90.5 Å². The Labute approximate surface area is 240 Å². The van der Waals surface area contributed by atoms with Crippen LogP contribution in [0.25, 0.3) is 71.3 Å². The van der Waals surface area contributed by atoms with Crippen LogP contribution >= 0.6 is 11.3 Å². The number of hydrogen-bond acceptors (Lipinski definition) is 4. The Balaban J connectivity index is 1.39. The first kappa shape index (κ1) is 25.0. The van der Waals surface area contributed by atoms with Crippen molar-refractivity contribution in [2.24, 2.45) is 0 Å². The number of nitriles is 1. The average Bonchev–Trinajstić information content (AvgIpc) is 3.63. The normalized spacial score (nSPS) is 12.1. The number of imidazole rings is 1. The lowest BCUT2D eigenvalue weighted by Crippen LogP contribution is -2.01. The number of aromatic nitrogens is 2. The van der Waals surface area contributed by atoms with Gasteiger partial charge in [0.2, 0.25) is 0 Å². The summed E-state index contributed by atoms with van der Waals surface area (Å²) in [5.74, 6) is -0.254. The minimum absolute atomic E-state index is 0.273. The molecule has 0 radical (unpaired) electrons. The highest BCUT2D eigenvalue weighted by molar-refractivity contribution is 7.16. The SMILES string of the molecule is CCCCn1c(-c2ccc(-c3ccc(/C=C(\C#N)C(=O)O)s3)cc2)nc2c3cccc4ccc5cccc(c5c43)c21. The van der Waals surface area contributed by atoms with Crippen molar-refractivity contribution in [2.75, 3.05) is 0 Å². The highest BCUT2D eigenvalue weighted by Gasteiger charge is 2.20. The molecular formula is C35H25N3O2S. The topological polar surface area (TPSA) is 78.9 Å². The molecule has 6 heteroatoms. The summed E-state index contributed by atoms with van der Waals surface area (Å²) in [5.41, 5.74) is 4.04. The first-order chi connectivity index (χ1) is 20.1. The number of aryl methyl sites for hydroxylation is 1. The van der Waals surface area contributed by atoms with Crippen LogP contribution in [0.2, 0.25) is 0 Å². The van der Waals surface area contributed by atoms with E-state index in [-0.39, 0.29) is 5.57 Å². The van der Waals surface area contributed by atoms with Crippen molar-refractivity contribution in [2.45, 2.75) is 26.3 Å². The summed E-state index contributed by atoms with van der Waals surface area (Å²) in [7, 11) is 0. The van der Waals surface area contributed by atoms with Gasteiger partial charge in [-0.05, 0) is 51.7 Å². The minimum atomic E-state index is -1.22. The minimum Gasteiger partial charge on any atom is -0.477 e. The molecule has 2 aromatic heterocycles. The van der Waals surface area contributed by atoms with Gasteiger partial charge in [-0.1, -0.05) is 86.1 Å². The first-order valence-electron chi connectivity index (χ1n) is 13.7. The molecular weight excluding hydrogens is 526 g/mol. The van der Waals surface area contributed by atoms with E-state index in [0.29, 0.717) is 0 Å². The Morgan fingerprint density at radius 3 is 2.29 bits per heavy atom. The van der Waals surface area contributed by atoms with Gasteiger partial charge in [0.15, 0.2) is 0 Å². The summed E-state index contributed by atoms with van der Waals surface area (Å²) < 4.78 is 2.40. The molecule has 0 aliphatic carbocycles. The second-order valence-corrected chi connectivity index (χ2v) is 11.4. The summed E-state index contributed by atoms with van der Waals surface area (Å²) in [5, 5.41) is 25.8. The Morgan fingerprint density at radius 1 is 0.927 bits per heavy atom. The number of hydrogen-bond donors (Lipinski definition) is 1. The summed E-state index contributed by atoms with van der Waals surface area (Å²) in [4.78, 5) is 18.3. The van der Waals surface area contributed by atoms with Crippen LogP contribution in [0.5, 0.6) is 0 Å². The van der Waals surface area contributed by atoms with Crippen molar-refractivity contribution in [3.63, 3.8) is 0 Å². The Hall–Kier alpha value is -4.99. The third-order valence-corrected chi connectivity index (χ3v) is 8.87. The molecule has 2 heterocycles. The number of aliphatic carboxylic acids is 1. The number of carboxylic acids is 1. The number of unbranched alkanes of at least 4 members (excludes halogenated alkanes) is 1. The molecule has 0 spiro atoms. The molecule has 0 bridgehead atoms. The molecule has 0 unspecified atom stereocenters. The molecule has 5 aromatic carbocycles. The van der Waals surface area contributed by atoms with E-state index < -0.39 is 5.97 Å². The molecule has 198 valence electrons. The third kappa shape index (κ3) is 4.05. The van der Waals surface area contributed by atoms with Crippen LogP contribution in [0.1, 0.15) is 24.6 Å². The fraction of sp³-hybridized carbons (Fsp3) is 0.114. The summed E-state index contributed by atoms with van der Waals surface area (Å²) in [6, 6.07) is 31.5. The molecule has 0 aliphatic heterocycles. The summed E-state index contributed by atoms with van der Waals surface area (Å²) in [6.45, 7) is 3.10. The molecule has 0 saturated carbocycles. The smallest absolute Gasteiger partial charge is 0.346 e. The van der Waals surface area contributed by atoms with Crippen molar-refractivity contribution in [1.29, 1.82) is 5.26 Å². The van der Waals surface area contributed by atoms with E-state index in [0.717, 1.165) is 51.6 Å². The van der Waals surface area contributed by atoms with Gasteiger partial charge in [0, 0.05) is 32.6 Å². The zero-order chi connectivity index (χ0) is 28.1. The van der Waals surface area contributed by atoms with E-state index in [2.05, 4.69) is 84.3 Å². The van der Waals surface area contributed by atoms with Crippen molar-refractivity contribution < 1.29 is 9.90 Å². The highest BCUT2D eigenvalue weighted by atomic mass is 32.1. The average molecular weight is 552 g/mol. The van der Waals surface area contributed by atoms with Crippen molar-refractivity contribution in [3.8, 4) is 27.9 Å². The molecule has 1 N–H and O–H groups in total. The van der Waals surface area contributed by atoms with Gasteiger partial charge in [-0.15, -0.1) is 11.3 Å². The van der Waals surface area contributed by atoms with Crippen LogP contribution in [-0.2, 0) is 11.3 Å². The standard InChI is InChI=1S/C35H25N3O2S/c1-2-3-18-38-33-28-9-5-7-23-13-12-22-6-4-8-27(30(22)31(23)28)32(33)37-34(38)24-14-10-21(11-15-24)29-17-16-26(41-29)19-25(20-36)35(39)40/h4-17,19H,2-3,18H2,1H3,(H,39,40)/b25-19+. The van der Waals surface area contributed by atoms with E-state index in [1.807, 2.05) is 12.1 Å². The fourth-order valence-corrected chi connectivity index (χ4v) is 6.83. The molecule has 0 atom stereocenters. The molecule has 0 aliphatic rings. The van der Waals surface area contributed by atoms with Gasteiger partial charge in [-0.2, -0.15) is 5.26 Å². The van der Waals surface area contributed by atoms with E-state index in [1.165, 1.54) is 55.2 Å². The maximum absolute atomic E-state index is 11.2. The quantitative estimate of drug-likeness (QED) is 0.122. The Morgan fingerprint density at radius 2 is 1.61 bits per heavy atom. The van der Waals surface area contributed by atoms with Gasteiger partial charge in [-0.25, -0.2) is 9.78 Å². The molecule has 5 nitrogen and oxygen atoms in total. The molecule has 41 heavy (non-hydrogen) atoms. The van der Waals surface area contributed by atoms with Crippen LogP contribution < -0.4 is 0 Å². The van der Waals surface area contributed by atoms with E-state index in [9.17, 15) is 9.90 Å². The zero-order valence-electron chi connectivity index (χ0n) is 22.4. The van der Waals surface area contributed by atoms with E-state index in [1.54, 1.807) is 6.07 Å². The predicted molar refractivity (Wildman–Crippen MR) is 168 cm³/mol. The first-order valence-corrected chi connectivity index (χ1v) is 14.5. The number of rotatable bonds is 7. The zero-order valence-corrected chi connectivity index (χ0v) is 23.2. The predicted octanol–water partition coefficient (Wildman–Crippen LogP) is 9.12. The number of thiophene rings is 1. The number of carbonyl (C=O) groups is 1.